The predicted octanol–water partition coefficient (Wildman–Crippen LogP) is 2.92. The molecule has 6 rings (SSSR count). The number of benzene rings is 1. The third kappa shape index (κ3) is 5.67. The van der Waals surface area contributed by atoms with Crippen LogP contribution in [-0.2, 0) is 6.54 Å². The summed E-state index contributed by atoms with van der Waals surface area (Å²) in [7, 11) is 0. The van der Waals surface area contributed by atoms with Gasteiger partial charge in [-0.25, -0.2) is 4.39 Å². The van der Waals surface area contributed by atoms with Crippen LogP contribution in [0.4, 0.5) is 10.1 Å². The molecule has 2 aromatic rings. The molecule has 0 aliphatic carbocycles. The van der Waals surface area contributed by atoms with Gasteiger partial charge in [0.1, 0.15) is 11.6 Å². The zero-order valence-electron chi connectivity index (χ0n) is 19.1. The number of nitrogens with one attached hydrogen (secondary N) is 2. The summed E-state index contributed by atoms with van der Waals surface area (Å²) >= 11 is 5.45. The van der Waals surface area contributed by atoms with E-state index in [-0.39, 0.29) is 5.82 Å². The maximum absolute atomic E-state index is 13.2. The molecule has 5 heterocycles. The number of furan rings is 1. The third-order valence-corrected chi connectivity index (χ3v) is 7.86. The van der Waals surface area contributed by atoms with E-state index in [2.05, 4.69) is 25.3 Å². The predicted molar refractivity (Wildman–Crippen MR) is 133 cm³/mol. The maximum Gasteiger partial charge on any atom is 0.166 e. The molecule has 6 nitrogen and oxygen atoms in total. The van der Waals surface area contributed by atoms with Gasteiger partial charge in [0.2, 0.25) is 0 Å². The largest absolute Gasteiger partial charge is 0.467 e. The number of hydrogen-bond donors (Lipinski definition) is 2. The lowest BCUT2D eigenvalue weighted by Gasteiger charge is -2.51. The van der Waals surface area contributed by atoms with Crippen LogP contribution < -0.4 is 15.5 Å². The fourth-order valence-corrected chi connectivity index (χ4v) is 5.85. The molecule has 33 heavy (non-hydrogen) atoms. The molecule has 4 fully saturated rings. The van der Waals surface area contributed by atoms with Gasteiger partial charge < -0.3 is 20.0 Å². The first-order chi connectivity index (χ1) is 16.1. The molecule has 0 saturated carbocycles. The fourth-order valence-electron chi connectivity index (χ4n) is 5.69. The molecule has 0 radical (unpaired) electrons. The first kappa shape index (κ1) is 22.6. The summed E-state index contributed by atoms with van der Waals surface area (Å²) < 4.78 is 18.6. The summed E-state index contributed by atoms with van der Waals surface area (Å²) in [5.41, 5.74) is 1.13. The van der Waals surface area contributed by atoms with Crippen LogP contribution in [0.25, 0.3) is 0 Å². The minimum absolute atomic E-state index is 0.166. The van der Waals surface area contributed by atoms with Crippen molar-refractivity contribution >= 4 is 23.0 Å². The number of piperidine rings is 3. The molecule has 4 saturated heterocycles. The number of thiocarbonyl (C=S) groups is 1. The molecule has 178 valence electrons. The Morgan fingerprint density at radius 1 is 1.06 bits per heavy atom. The fraction of sp³-hybridized carbons (Fsp3) is 0.560. The molecule has 1 aromatic carbocycles. The highest BCUT2D eigenvalue weighted by molar-refractivity contribution is 7.80. The zero-order valence-corrected chi connectivity index (χ0v) is 19.9. The topological polar surface area (TPSA) is 46.9 Å². The van der Waals surface area contributed by atoms with E-state index in [4.69, 9.17) is 16.6 Å². The molecule has 1 unspecified atom stereocenters. The lowest BCUT2D eigenvalue weighted by atomic mass is 9.75. The number of halogens is 1. The number of nitrogens with zero attached hydrogens (tertiary/aromatic N) is 3. The molecule has 2 N–H and O–H groups in total. The van der Waals surface area contributed by atoms with Gasteiger partial charge in [0, 0.05) is 57.5 Å². The van der Waals surface area contributed by atoms with Crippen LogP contribution in [0.3, 0.4) is 0 Å². The standard InChI is InChI=1S/C25H34FN5OS/c26-21-3-5-22(6-4-21)30-11-9-29(10-12-30)17-20-18-31-8-7-19(20)14-23(31)15-27-25(33)28-16-24-2-1-13-32-24/h1-6,13,19-20,23H,7-12,14-18H2,(H2,27,28,33)/t19-,20+,23-/m1/s1. The van der Waals surface area contributed by atoms with Crippen molar-refractivity contribution in [2.45, 2.75) is 25.4 Å². The van der Waals surface area contributed by atoms with Gasteiger partial charge in [0.05, 0.1) is 12.8 Å². The average Bonchev–Trinajstić information content (AvgIpc) is 3.37. The number of anilines is 1. The van der Waals surface area contributed by atoms with Crippen molar-refractivity contribution in [3.05, 3.63) is 54.2 Å². The van der Waals surface area contributed by atoms with Gasteiger partial charge in [-0.15, -0.1) is 0 Å². The van der Waals surface area contributed by atoms with E-state index in [9.17, 15) is 4.39 Å². The molecule has 4 atom stereocenters. The van der Waals surface area contributed by atoms with Gasteiger partial charge in [-0.3, -0.25) is 9.80 Å². The van der Waals surface area contributed by atoms with Crippen molar-refractivity contribution in [3.8, 4) is 0 Å². The summed E-state index contributed by atoms with van der Waals surface area (Å²) in [6, 6.07) is 11.3. The number of piperazine rings is 1. The van der Waals surface area contributed by atoms with E-state index in [1.54, 1.807) is 18.4 Å². The van der Waals surface area contributed by atoms with Gasteiger partial charge in [-0.05, 0) is 79.8 Å². The number of rotatable bonds is 7. The van der Waals surface area contributed by atoms with E-state index in [1.165, 1.54) is 32.5 Å². The Morgan fingerprint density at radius 3 is 2.58 bits per heavy atom. The lowest BCUT2D eigenvalue weighted by Crippen LogP contribution is -2.59. The normalized spacial score (nSPS) is 27.5. The van der Waals surface area contributed by atoms with Crippen LogP contribution in [0, 0.1) is 17.7 Å². The van der Waals surface area contributed by atoms with Crippen LogP contribution in [0.1, 0.15) is 18.6 Å². The van der Waals surface area contributed by atoms with E-state index in [0.717, 1.165) is 56.0 Å². The molecular weight excluding hydrogens is 437 g/mol. The van der Waals surface area contributed by atoms with Crippen LogP contribution >= 0.6 is 12.2 Å². The van der Waals surface area contributed by atoms with Gasteiger partial charge >= 0.3 is 0 Å². The highest BCUT2D eigenvalue weighted by atomic mass is 32.1. The molecule has 4 aliphatic heterocycles. The minimum Gasteiger partial charge on any atom is -0.467 e. The molecule has 4 aliphatic rings. The Bertz CT molecular complexity index is 900. The first-order valence-corrected chi connectivity index (χ1v) is 12.6. The lowest BCUT2D eigenvalue weighted by molar-refractivity contribution is -0.0110. The molecule has 1 aromatic heterocycles. The maximum atomic E-state index is 13.2. The Hall–Kier alpha value is -2.16. The van der Waals surface area contributed by atoms with Gasteiger partial charge in [-0.1, -0.05) is 0 Å². The van der Waals surface area contributed by atoms with Crippen molar-refractivity contribution in [1.29, 1.82) is 0 Å². The summed E-state index contributed by atoms with van der Waals surface area (Å²) in [6.07, 6.45) is 4.26. The van der Waals surface area contributed by atoms with Crippen LogP contribution in [0.5, 0.6) is 0 Å². The Balaban J connectivity index is 1.04. The van der Waals surface area contributed by atoms with Crippen molar-refractivity contribution in [2.24, 2.45) is 11.8 Å². The second-order valence-electron chi connectivity index (χ2n) is 9.60. The Kier molecular flexibility index (Phi) is 7.13. The van der Waals surface area contributed by atoms with Crippen LogP contribution in [0.2, 0.25) is 0 Å². The van der Waals surface area contributed by atoms with Crippen molar-refractivity contribution in [1.82, 2.24) is 20.4 Å². The van der Waals surface area contributed by atoms with E-state index < -0.39 is 0 Å². The number of hydrogen-bond acceptors (Lipinski definition) is 5. The van der Waals surface area contributed by atoms with Crippen molar-refractivity contribution in [2.75, 3.05) is 57.3 Å². The van der Waals surface area contributed by atoms with Crippen molar-refractivity contribution < 1.29 is 8.81 Å². The highest BCUT2D eigenvalue weighted by Crippen LogP contribution is 2.36. The minimum atomic E-state index is -0.166. The molecular formula is C25H34FN5OS. The summed E-state index contributed by atoms with van der Waals surface area (Å²) in [6.45, 7) is 9.32. The van der Waals surface area contributed by atoms with E-state index in [0.29, 0.717) is 17.7 Å². The molecule has 2 bridgehead atoms. The monoisotopic (exact) mass is 471 g/mol. The van der Waals surface area contributed by atoms with Gasteiger partial charge in [-0.2, -0.15) is 0 Å². The second kappa shape index (κ2) is 10.4. The average molecular weight is 472 g/mol. The molecule has 8 heteroatoms. The van der Waals surface area contributed by atoms with E-state index >= 15 is 0 Å². The zero-order chi connectivity index (χ0) is 22.6. The summed E-state index contributed by atoms with van der Waals surface area (Å²) in [5.74, 6) is 2.29. The summed E-state index contributed by atoms with van der Waals surface area (Å²) in [4.78, 5) is 7.67. The SMILES string of the molecule is Fc1ccc(N2CCN(C[C@H]3CN4CC[C@@H]3C[C@@H]4CNC(=S)NCc3ccco3)CC2)cc1. The van der Waals surface area contributed by atoms with Crippen LogP contribution in [-0.4, -0.2) is 73.3 Å². The Labute approximate surface area is 201 Å². The van der Waals surface area contributed by atoms with E-state index in [1.807, 2.05) is 24.3 Å². The highest BCUT2D eigenvalue weighted by Gasteiger charge is 2.40. The van der Waals surface area contributed by atoms with Gasteiger partial charge in [0.25, 0.3) is 0 Å². The smallest absolute Gasteiger partial charge is 0.166 e. The Morgan fingerprint density at radius 2 is 1.88 bits per heavy atom. The molecule has 0 spiro atoms. The van der Waals surface area contributed by atoms with Gasteiger partial charge in [0.15, 0.2) is 5.11 Å². The molecule has 0 amide bonds. The van der Waals surface area contributed by atoms with Crippen LogP contribution in [0.15, 0.2) is 47.1 Å². The first-order valence-electron chi connectivity index (χ1n) is 12.1. The van der Waals surface area contributed by atoms with Crippen molar-refractivity contribution in [3.63, 3.8) is 0 Å². The summed E-state index contributed by atoms with van der Waals surface area (Å²) in [5, 5.41) is 7.34. The third-order valence-electron chi connectivity index (χ3n) is 7.57. The quantitative estimate of drug-likeness (QED) is 0.602. The second-order valence-corrected chi connectivity index (χ2v) is 10.0. The number of fused-ring (bicyclic) bond motifs is 3.